The number of aromatic nitrogens is 1. The molecule has 0 amide bonds. The molecule has 2 aromatic carbocycles. The van der Waals surface area contributed by atoms with Gasteiger partial charge in [0.2, 0.25) is 0 Å². The maximum atomic E-state index is 12.6. The van der Waals surface area contributed by atoms with Crippen molar-refractivity contribution < 1.29 is 19.0 Å². The lowest BCUT2D eigenvalue weighted by Crippen LogP contribution is -2.18. The van der Waals surface area contributed by atoms with Crippen molar-refractivity contribution in [2.45, 2.75) is 25.9 Å². The van der Waals surface area contributed by atoms with Crippen molar-refractivity contribution >= 4 is 27.5 Å². The molecule has 0 spiro atoms. The molecule has 6 heteroatoms. The van der Waals surface area contributed by atoms with Crippen LogP contribution < -0.4 is 9.47 Å². The lowest BCUT2D eigenvalue weighted by Gasteiger charge is -2.20. The third-order valence-corrected chi connectivity index (χ3v) is 5.57. The van der Waals surface area contributed by atoms with Crippen molar-refractivity contribution in [3.8, 4) is 11.5 Å². The highest BCUT2D eigenvalue weighted by Crippen LogP contribution is 2.34. The normalized spacial score (nSPS) is 15.5. The number of ether oxygens (including phenoxy) is 3. The van der Waals surface area contributed by atoms with Crippen molar-refractivity contribution in [1.82, 2.24) is 4.98 Å². The van der Waals surface area contributed by atoms with Crippen molar-refractivity contribution in [2.75, 3.05) is 13.2 Å². The summed E-state index contributed by atoms with van der Waals surface area (Å²) in [6.45, 7) is 4.75. The van der Waals surface area contributed by atoms with E-state index in [1.807, 2.05) is 56.3 Å². The molecule has 2 atom stereocenters. The van der Waals surface area contributed by atoms with Gasteiger partial charge in [0.1, 0.15) is 18.2 Å². The van der Waals surface area contributed by atoms with Crippen LogP contribution in [0, 0.1) is 0 Å². The highest BCUT2D eigenvalue weighted by atomic mass is 32.1. The number of esters is 1. The molecule has 2 unspecified atom stereocenters. The lowest BCUT2D eigenvalue weighted by atomic mass is 10.0. The minimum atomic E-state index is -0.400. The zero-order chi connectivity index (χ0) is 18.1. The first-order chi connectivity index (χ1) is 12.6. The lowest BCUT2D eigenvalue weighted by molar-refractivity contribution is -0.150. The quantitative estimate of drug-likeness (QED) is 0.635. The minimum absolute atomic E-state index is 0.284. The van der Waals surface area contributed by atoms with Crippen LogP contribution in [-0.4, -0.2) is 24.2 Å². The maximum Gasteiger partial charge on any atom is 0.313 e. The molecule has 26 heavy (non-hydrogen) atoms. The van der Waals surface area contributed by atoms with E-state index in [1.165, 1.54) is 0 Å². The van der Waals surface area contributed by atoms with E-state index >= 15 is 0 Å². The molecule has 0 N–H and O–H groups in total. The molecule has 0 aliphatic carbocycles. The van der Waals surface area contributed by atoms with E-state index in [9.17, 15) is 4.79 Å². The summed E-state index contributed by atoms with van der Waals surface area (Å²) >= 11 is 1.55. The number of para-hydroxylation sites is 1. The van der Waals surface area contributed by atoms with Gasteiger partial charge in [-0.25, -0.2) is 4.98 Å². The van der Waals surface area contributed by atoms with Crippen LogP contribution in [0.25, 0.3) is 10.2 Å². The topological polar surface area (TPSA) is 57.7 Å². The van der Waals surface area contributed by atoms with Gasteiger partial charge in [0.15, 0.2) is 17.6 Å². The Balaban J connectivity index is 1.48. The Morgan fingerprint density at radius 1 is 1.12 bits per heavy atom. The molecule has 2 heterocycles. The summed E-state index contributed by atoms with van der Waals surface area (Å²) < 4.78 is 17.9. The number of thiazole rings is 1. The molecule has 1 aliphatic rings. The molecule has 0 bridgehead atoms. The Bertz CT molecular complexity index is 919. The maximum absolute atomic E-state index is 12.6. The van der Waals surface area contributed by atoms with Crippen LogP contribution in [-0.2, 0) is 9.53 Å². The summed E-state index contributed by atoms with van der Waals surface area (Å²) in [5.41, 5.74) is 1.77. The Morgan fingerprint density at radius 2 is 1.88 bits per heavy atom. The van der Waals surface area contributed by atoms with Crippen LogP contribution in [0.15, 0.2) is 42.5 Å². The highest BCUT2D eigenvalue weighted by molar-refractivity contribution is 7.18. The Hall–Kier alpha value is -2.60. The number of fused-ring (bicyclic) bond motifs is 2. The van der Waals surface area contributed by atoms with E-state index in [0.29, 0.717) is 24.7 Å². The van der Waals surface area contributed by atoms with Gasteiger partial charge < -0.3 is 14.2 Å². The molecule has 1 aromatic heterocycles. The van der Waals surface area contributed by atoms with Crippen molar-refractivity contribution in [3.05, 3.63) is 53.0 Å². The summed E-state index contributed by atoms with van der Waals surface area (Å²) in [6.07, 6.45) is -0.389. The number of hydrogen-bond acceptors (Lipinski definition) is 6. The fourth-order valence-corrected chi connectivity index (χ4v) is 3.80. The molecule has 0 radical (unpaired) electrons. The smallest absolute Gasteiger partial charge is 0.313 e. The van der Waals surface area contributed by atoms with Crippen LogP contribution in [0.5, 0.6) is 11.5 Å². The fourth-order valence-electron chi connectivity index (χ4n) is 2.86. The van der Waals surface area contributed by atoms with E-state index < -0.39 is 5.92 Å². The Labute approximate surface area is 155 Å². The molecule has 134 valence electrons. The molecule has 4 rings (SSSR count). The summed E-state index contributed by atoms with van der Waals surface area (Å²) in [7, 11) is 0. The molecular formula is C20H19NO4S. The fraction of sp³-hybridized carbons (Fsp3) is 0.300. The zero-order valence-corrected chi connectivity index (χ0v) is 15.4. The van der Waals surface area contributed by atoms with E-state index in [2.05, 4.69) is 4.98 Å². The molecule has 0 saturated carbocycles. The van der Waals surface area contributed by atoms with Gasteiger partial charge in [-0.2, -0.15) is 0 Å². The summed E-state index contributed by atoms with van der Waals surface area (Å²) in [6, 6.07) is 13.5. The summed E-state index contributed by atoms with van der Waals surface area (Å²) in [5.74, 6) is 0.701. The van der Waals surface area contributed by atoms with E-state index in [4.69, 9.17) is 14.2 Å². The van der Waals surface area contributed by atoms with Gasteiger partial charge in [-0.1, -0.05) is 18.2 Å². The number of benzene rings is 2. The second-order valence-electron chi connectivity index (χ2n) is 6.22. The van der Waals surface area contributed by atoms with Gasteiger partial charge in [-0.3, -0.25) is 4.79 Å². The van der Waals surface area contributed by atoms with Gasteiger partial charge in [0.25, 0.3) is 0 Å². The second-order valence-corrected chi connectivity index (χ2v) is 7.29. The van der Waals surface area contributed by atoms with Crippen molar-refractivity contribution in [2.24, 2.45) is 0 Å². The van der Waals surface area contributed by atoms with Crippen LogP contribution in [0.3, 0.4) is 0 Å². The molecule has 5 nitrogen and oxygen atoms in total. The average molecular weight is 369 g/mol. The molecular weight excluding hydrogens is 350 g/mol. The summed E-state index contributed by atoms with van der Waals surface area (Å²) in [4.78, 5) is 17.2. The largest absolute Gasteiger partial charge is 0.486 e. The van der Waals surface area contributed by atoms with Crippen LogP contribution in [0.1, 0.15) is 36.4 Å². The third kappa shape index (κ3) is 3.24. The molecule has 1 aliphatic heterocycles. The zero-order valence-electron chi connectivity index (χ0n) is 14.6. The van der Waals surface area contributed by atoms with Gasteiger partial charge in [-0.15, -0.1) is 11.3 Å². The summed E-state index contributed by atoms with van der Waals surface area (Å²) in [5, 5.41) is 0.800. The first kappa shape index (κ1) is 16.8. The predicted molar refractivity (Wildman–Crippen MR) is 100.0 cm³/mol. The second kappa shape index (κ2) is 6.96. The monoisotopic (exact) mass is 369 g/mol. The number of carbonyl (C=O) groups excluding carboxylic acids is 1. The van der Waals surface area contributed by atoms with Crippen LogP contribution in [0.2, 0.25) is 0 Å². The molecule has 3 aromatic rings. The number of nitrogens with zero attached hydrogens (tertiary/aromatic N) is 1. The van der Waals surface area contributed by atoms with Crippen LogP contribution in [0.4, 0.5) is 0 Å². The average Bonchev–Trinajstić information content (AvgIpc) is 3.11. The number of rotatable bonds is 4. The standard InChI is InChI=1S/C20H19NO4S/c1-12(14-7-8-16-17(11-14)24-10-9-23-16)20(22)25-13(2)19-21-15-5-3-4-6-18(15)26-19/h3-8,11-13H,9-10H2,1-2H3. The Kier molecular flexibility index (Phi) is 4.51. The minimum Gasteiger partial charge on any atom is -0.486 e. The first-order valence-corrected chi connectivity index (χ1v) is 9.39. The van der Waals surface area contributed by atoms with Gasteiger partial charge in [0.05, 0.1) is 16.1 Å². The van der Waals surface area contributed by atoms with Crippen LogP contribution >= 0.6 is 11.3 Å². The van der Waals surface area contributed by atoms with Crippen molar-refractivity contribution in [3.63, 3.8) is 0 Å². The molecule has 0 saturated heterocycles. The molecule has 0 fully saturated rings. The Morgan fingerprint density at radius 3 is 2.69 bits per heavy atom. The number of hydrogen-bond donors (Lipinski definition) is 0. The van der Waals surface area contributed by atoms with Gasteiger partial charge in [-0.05, 0) is 43.7 Å². The van der Waals surface area contributed by atoms with E-state index in [-0.39, 0.29) is 12.1 Å². The van der Waals surface area contributed by atoms with E-state index in [0.717, 1.165) is 20.8 Å². The van der Waals surface area contributed by atoms with Gasteiger partial charge >= 0.3 is 5.97 Å². The SMILES string of the molecule is CC(OC(=O)C(C)c1ccc2c(c1)OCCO2)c1nc2ccccc2s1. The first-order valence-electron chi connectivity index (χ1n) is 8.57. The van der Waals surface area contributed by atoms with Crippen molar-refractivity contribution in [1.29, 1.82) is 0 Å². The van der Waals surface area contributed by atoms with E-state index in [1.54, 1.807) is 11.3 Å². The number of carbonyl (C=O) groups is 1. The predicted octanol–water partition coefficient (Wildman–Crippen LogP) is 4.48. The third-order valence-electron chi connectivity index (χ3n) is 4.37. The highest BCUT2D eigenvalue weighted by Gasteiger charge is 2.23. The van der Waals surface area contributed by atoms with Gasteiger partial charge in [0, 0.05) is 0 Å².